The summed E-state index contributed by atoms with van der Waals surface area (Å²) in [4.78, 5) is 0. The molecule has 2 heteroatoms. The highest BCUT2D eigenvalue weighted by molar-refractivity contribution is 5.30. The monoisotopic (exact) mass is 356 g/mol. The summed E-state index contributed by atoms with van der Waals surface area (Å²) in [5.74, 6) is 1.82. The van der Waals surface area contributed by atoms with E-state index in [4.69, 9.17) is 4.74 Å². The van der Waals surface area contributed by atoms with Crippen molar-refractivity contribution in [2.24, 2.45) is 0 Å². The largest absolute Gasteiger partial charge is 0.497 e. The van der Waals surface area contributed by atoms with Gasteiger partial charge in [0.15, 0.2) is 0 Å². The van der Waals surface area contributed by atoms with E-state index in [0.717, 1.165) is 31.4 Å². The molecule has 0 heterocycles. The zero-order valence-electron chi connectivity index (χ0n) is 16.0. The minimum atomic E-state index is -0.222. The molecule has 1 unspecified atom stereocenters. The van der Waals surface area contributed by atoms with Crippen LogP contribution < -0.4 is 4.74 Å². The average Bonchev–Trinajstić information content (AvgIpc) is 2.64. The fourth-order valence-electron chi connectivity index (χ4n) is 3.29. The van der Waals surface area contributed by atoms with Crippen molar-refractivity contribution in [2.75, 3.05) is 7.11 Å². The van der Waals surface area contributed by atoms with Crippen LogP contribution >= 0.6 is 0 Å². The summed E-state index contributed by atoms with van der Waals surface area (Å²) in [6.45, 7) is 6.60. The number of methoxy groups -OCH3 is 1. The lowest BCUT2D eigenvalue weighted by Crippen LogP contribution is -2.10. The van der Waals surface area contributed by atoms with E-state index in [9.17, 15) is 5.11 Å². The van der Waals surface area contributed by atoms with E-state index in [1.807, 2.05) is 12.1 Å². The summed E-state index contributed by atoms with van der Waals surface area (Å²) in [6.07, 6.45) is 3.50. The molecule has 0 bridgehead atoms. The van der Waals surface area contributed by atoms with Crippen molar-refractivity contribution < 1.29 is 9.84 Å². The van der Waals surface area contributed by atoms with Crippen LogP contribution in [0, 0.1) is 6.92 Å². The van der Waals surface area contributed by atoms with Gasteiger partial charge in [-0.15, -0.1) is 0 Å². The van der Waals surface area contributed by atoms with Crippen molar-refractivity contribution in [2.45, 2.75) is 71.8 Å². The Morgan fingerprint density at radius 2 is 1.38 bits per heavy atom. The summed E-state index contributed by atoms with van der Waals surface area (Å²) in [6, 6.07) is 16.9. The molecule has 0 amide bonds. The lowest BCUT2D eigenvalue weighted by Gasteiger charge is -2.18. The molecule has 2 aromatic rings. The second-order valence-corrected chi connectivity index (χ2v) is 7.30. The molecule has 2 nitrogen and oxygen atoms in total. The number of hydrogen-bond acceptors (Lipinski definition) is 2. The molecule has 0 aromatic heterocycles. The van der Waals surface area contributed by atoms with Crippen molar-refractivity contribution in [1.29, 1.82) is 0 Å². The van der Waals surface area contributed by atoms with Crippen LogP contribution in [0.25, 0.3) is 0 Å². The van der Waals surface area contributed by atoms with Crippen LogP contribution in [0.5, 0.6) is 5.75 Å². The van der Waals surface area contributed by atoms with Gasteiger partial charge in [0.05, 0.1) is 13.2 Å². The molecule has 0 aliphatic heterocycles. The first-order valence-corrected chi connectivity index (χ1v) is 9.38. The molecule has 0 aliphatic rings. The molecular weight excluding hydrogens is 320 g/mol. The molecule has 0 aliphatic carbocycles. The topological polar surface area (TPSA) is 29.5 Å². The van der Waals surface area contributed by atoms with Gasteiger partial charge in [0.2, 0.25) is 0 Å². The third-order valence-electron chi connectivity index (χ3n) is 5.14. The molecule has 26 heavy (non-hydrogen) atoms. The van der Waals surface area contributed by atoms with Crippen molar-refractivity contribution in [3.63, 3.8) is 0 Å². The van der Waals surface area contributed by atoms with Gasteiger partial charge >= 0.3 is 0 Å². The number of hydrogen-bond donors (Lipinski definition) is 1. The Labute approximate surface area is 160 Å². The fraction of sp³-hybridized carbons (Fsp3) is 0.500. The molecule has 0 radical (unpaired) electrons. The molecule has 2 rings (SSSR count). The van der Waals surface area contributed by atoms with Crippen LogP contribution in [-0.4, -0.2) is 18.3 Å². The third-order valence-corrected chi connectivity index (χ3v) is 5.14. The van der Waals surface area contributed by atoms with Gasteiger partial charge in [-0.25, -0.2) is 0 Å². The van der Waals surface area contributed by atoms with Crippen LogP contribution in [0.4, 0.5) is 0 Å². The Balaban J connectivity index is 0.00000338. The van der Waals surface area contributed by atoms with Crippen molar-refractivity contribution in [3.8, 4) is 5.75 Å². The Kier molecular flexibility index (Phi) is 9.43. The SMILES string of the molecule is C.COc1cccc([C@H](C)CCC(O)CC[C@@H](C)c2cccc(C)c2)c1. The van der Waals surface area contributed by atoms with Crippen LogP contribution in [0.15, 0.2) is 48.5 Å². The highest BCUT2D eigenvalue weighted by atomic mass is 16.5. The number of aliphatic hydroxyl groups excluding tert-OH is 1. The lowest BCUT2D eigenvalue weighted by atomic mass is 9.90. The number of aliphatic hydroxyl groups is 1. The van der Waals surface area contributed by atoms with E-state index in [0.29, 0.717) is 11.8 Å². The van der Waals surface area contributed by atoms with E-state index >= 15 is 0 Å². The van der Waals surface area contributed by atoms with Gasteiger partial charge in [-0.1, -0.05) is 63.2 Å². The van der Waals surface area contributed by atoms with Crippen molar-refractivity contribution in [3.05, 3.63) is 65.2 Å². The van der Waals surface area contributed by atoms with Gasteiger partial charge in [-0.2, -0.15) is 0 Å². The first kappa shape index (κ1) is 22.2. The molecule has 0 saturated carbocycles. The minimum Gasteiger partial charge on any atom is -0.497 e. The van der Waals surface area contributed by atoms with Crippen LogP contribution in [-0.2, 0) is 0 Å². The highest BCUT2D eigenvalue weighted by Gasteiger charge is 2.13. The van der Waals surface area contributed by atoms with E-state index in [-0.39, 0.29) is 13.5 Å². The Bertz CT molecular complexity index is 650. The minimum absolute atomic E-state index is 0. The van der Waals surface area contributed by atoms with E-state index in [1.165, 1.54) is 16.7 Å². The van der Waals surface area contributed by atoms with E-state index < -0.39 is 0 Å². The van der Waals surface area contributed by atoms with Crippen molar-refractivity contribution in [1.82, 2.24) is 0 Å². The van der Waals surface area contributed by atoms with E-state index in [2.05, 4.69) is 57.2 Å². The maximum absolute atomic E-state index is 10.4. The maximum Gasteiger partial charge on any atom is 0.119 e. The third kappa shape index (κ3) is 6.84. The Morgan fingerprint density at radius 1 is 0.846 bits per heavy atom. The maximum atomic E-state index is 10.4. The molecule has 0 saturated heterocycles. The van der Waals surface area contributed by atoms with Crippen molar-refractivity contribution >= 4 is 0 Å². The standard InChI is InChI=1S/C23H32O2.CH4/c1-17-7-5-8-20(15-17)18(2)11-13-22(24)14-12-19(3)21-9-6-10-23(16-21)25-4;/h5-10,15-16,18-19,22,24H,11-14H2,1-4H3;1H4/t18-,19-,22?;/m1./s1. The highest BCUT2D eigenvalue weighted by Crippen LogP contribution is 2.27. The second kappa shape index (κ2) is 11.0. The predicted octanol–water partition coefficient (Wildman–Crippen LogP) is 6.47. The summed E-state index contributed by atoms with van der Waals surface area (Å²) in [5, 5.41) is 10.4. The summed E-state index contributed by atoms with van der Waals surface area (Å²) < 4.78 is 5.30. The molecule has 2 aromatic carbocycles. The first-order valence-electron chi connectivity index (χ1n) is 9.38. The summed E-state index contributed by atoms with van der Waals surface area (Å²) in [5.41, 5.74) is 3.95. The number of aryl methyl sites for hydroxylation is 1. The summed E-state index contributed by atoms with van der Waals surface area (Å²) >= 11 is 0. The molecular formula is C24H36O2. The Hall–Kier alpha value is -1.80. The van der Waals surface area contributed by atoms with Crippen LogP contribution in [0.3, 0.4) is 0 Å². The molecule has 0 spiro atoms. The van der Waals surface area contributed by atoms with Gasteiger partial charge in [0, 0.05) is 0 Å². The smallest absolute Gasteiger partial charge is 0.119 e. The molecule has 144 valence electrons. The van der Waals surface area contributed by atoms with Crippen LogP contribution in [0.2, 0.25) is 0 Å². The fourth-order valence-corrected chi connectivity index (χ4v) is 3.29. The van der Waals surface area contributed by atoms with Crippen LogP contribution in [0.1, 0.15) is 75.5 Å². The first-order chi connectivity index (χ1) is 12.0. The molecule has 0 fully saturated rings. The van der Waals surface area contributed by atoms with Gasteiger partial charge in [-0.05, 0) is 67.7 Å². The predicted molar refractivity (Wildman–Crippen MR) is 112 cm³/mol. The van der Waals surface area contributed by atoms with Gasteiger partial charge in [-0.3, -0.25) is 0 Å². The molecule has 1 N–H and O–H groups in total. The van der Waals surface area contributed by atoms with Gasteiger partial charge < -0.3 is 9.84 Å². The average molecular weight is 357 g/mol. The van der Waals surface area contributed by atoms with Gasteiger partial charge in [0.25, 0.3) is 0 Å². The quantitative estimate of drug-likeness (QED) is 0.558. The second-order valence-electron chi connectivity index (χ2n) is 7.30. The number of rotatable bonds is 9. The van der Waals surface area contributed by atoms with Gasteiger partial charge in [0.1, 0.15) is 5.75 Å². The zero-order chi connectivity index (χ0) is 18.2. The number of ether oxygens (including phenoxy) is 1. The normalized spacial score (nSPS) is 14.2. The molecule has 3 atom stereocenters. The zero-order valence-corrected chi connectivity index (χ0v) is 16.0. The van der Waals surface area contributed by atoms with E-state index in [1.54, 1.807) is 7.11 Å². The Morgan fingerprint density at radius 3 is 1.92 bits per heavy atom. The number of benzene rings is 2. The summed E-state index contributed by atoms with van der Waals surface area (Å²) in [7, 11) is 1.70. The lowest BCUT2D eigenvalue weighted by molar-refractivity contribution is 0.145.